The Morgan fingerprint density at radius 1 is 1.62 bits per heavy atom. The lowest BCUT2D eigenvalue weighted by molar-refractivity contribution is 0.587. The number of hydrogen-bond donors (Lipinski definition) is 2. The van der Waals surface area contributed by atoms with Gasteiger partial charge in [-0.05, 0) is 25.2 Å². The number of H-pyrrole nitrogens is 1. The summed E-state index contributed by atoms with van der Waals surface area (Å²) in [6.45, 7) is 2.88. The first-order valence-electron chi connectivity index (χ1n) is 5.03. The molecule has 1 saturated carbocycles. The summed E-state index contributed by atoms with van der Waals surface area (Å²) in [6, 6.07) is 0. The van der Waals surface area contributed by atoms with Gasteiger partial charge in [0.1, 0.15) is 5.82 Å². The fourth-order valence-corrected chi connectivity index (χ4v) is 2.14. The van der Waals surface area contributed by atoms with Crippen molar-refractivity contribution in [3.05, 3.63) is 17.7 Å². The summed E-state index contributed by atoms with van der Waals surface area (Å²) < 4.78 is 0. The number of hydrogen-bond acceptors (Lipinski definition) is 2. The second kappa shape index (κ2) is 3.50. The van der Waals surface area contributed by atoms with Crippen molar-refractivity contribution in [2.75, 3.05) is 0 Å². The lowest BCUT2D eigenvalue weighted by Crippen LogP contribution is -1.99. The Labute approximate surface area is 78.7 Å². The molecular weight excluding hydrogens is 162 g/mol. The minimum absolute atomic E-state index is 0.565. The molecule has 1 aliphatic carbocycles. The van der Waals surface area contributed by atoms with Crippen LogP contribution in [0.5, 0.6) is 0 Å². The van der Waals surface area contributed by atoms with Gasteiger partial charge in [-0.2, -0.15) is 0 Å². The van der Waals surface area contributed by atoms with Gasteiger partial charge in [-0.15, -0.1) is 0 Å². The molecule has 2 rings (SSSR count). The van der Waals surface area contributed by atoms with Crippen molar-refractivity contribution in [2.45, 2.75) is 38.6 Å². The highest BCUT2D eigenvalue weighted by Crippen LogP contribution is 2.36. The van der Waals surface area contributed by atoms with E-state index < -0.39 is 0 Å². The molecule has 0 amide bonds. The quantitative estimate of drug-likeness (QED) is 0.727. The Hall–Kier alpha value is -0.830. The second-order valence-corrected chi connectivity index (χ2v) is 4.11. The zero-order valence-corrected chi connectivity index (χ0v) is 8.09. The van der Waals surface area contributed by atoms with E-state index in [1.807, 2.05) is 6.20 Å². The highest BCUT2D eigenvalue weighted by atomic mass is 14.9. The summed E-state index contributed by atoms with van der Waals surface area (Å²) in [5.41, 5.74) is 6.57. The molecule has 13 heavy (non-hydrogen) atoms. The Morgan fingerprint density at radius 3 is 3.00 bits per heavy atom. The Morgan fingerprint density at radius 2 is 2.46 bits per heavy atom. The van der Waals surface area contributed by atoms with Crippen molar-refractivity contribution < 1.29 is 0 Å². The Kier molecular flexibility index (Phi) is 2.36. The normalized spacial score (nSPS) is 28.2. The molecule has 0 bridgehead atoms. The molecule has 1 aromatic heterocycles. The summed E-state index contributed by atoms with van der Waals surface area (Å²) in [7, 11) is 0. The molecule has 0 radical (unpaired) electrons. The zero-order chi connectivity index (χ0) is 9.26. The highest BCUT2D eigenvalue weighted by Gasteiger charge is 2.24. The molecule has 0 aromatic carbocycles. The van der Waals surface area contributed by atoms with Crippen LogP contribution in [0.1, 0.15) is 43.6 Å². The molecule has 0 spiro atoms. The van der Waals surface area contributed by atoms with Crippen molar-refractivity contribution in [3.63, 3.8) is 0 Å². The highest BCUT2D eigenvalue weighted by molar-refractivity contribution is 5.06. The van der Waals surface area contributed by atoms with Crippen LogP contribution in [-0.2, 0) is 6.54 Å². The van der Waals surface area contributed by atoms with Crippen LogP contribution in [0.15, 0.2) is 6.20 Å². The van der Waals surface area contributed by atoms with E-state index in [4.69, 9.17) is 5.73 Å². The largest absolute Gasteiger partial charge is 0.345 e. The van der Waals surface area contributed by atoms with E-state index in [1.165, 1.54) is 19.3 Å². The first-order valence-corrected chi connectivity index (χ1v) is 5.03. The van der Waals surface area contributed by atoms with Gasteiger partial charge in [-0.3, -0.25) is 0 Å². The van der Waals surface area contributed by atoms with Crippen LogP contribution >= 0.6 is 0 Å². The maximum absolute atomic E-state index is 5.52. The van der Waals surface area contributed by atoms with Crippen LogP contribution < -0.4 is 5.73 Å². The van der Waals surface area contributed by atoms with Crippen LogP contribution in [0.3, 0.4) is 0 Å². The fourth-order valence-electron chi connectivity index (χ4n) is 2.14. The van der Waals surface area contributed by atoms with E-state index in [9.17, 15) is 0 Å². The molecule has 3 heteroatoms. The molecule has 3 N–H and O–H groups in total. The molecule has 1 heterocycles. The number of nitrogens with one attached hydrogen (secondary N) is 1. The molecule has 1 aromatic rings. The van der Waals surface area contributed by atoms with Crippen LogP contribution in [0.25, 0.3) is 0 Å². The third-order valence-electron chi connectivity index (χ3n) is 2.95. The van der Waals surface area contributed by atoms with Crippen molar-refractivity contribution in [1.82, 2.24) is 9.97 Å². The summed E-state index contributed by atoms with van der Waals surface area (Å²) in [6.07, 6.45) is 5.75. The van der Waals surface area contributed by atoms with E-state index in [1.54, 1.807) is 0 Å². The van der Waals surface area contributed by atoms with Gasteiger partial charge in [-0.25, -0.2) is 4.98 Å². The van der Waals surface area contributed by atoms with E-state index in [2.05, 4.69) is 16.9 Å². The Balaban J connectivity index is 2.08. The average Bonchev–Trinajstić information content (AvgIpc) is 2.71. The van der Waals surface area contributed by atoms with E-state index >= 15 is 0 Å². The van der Waals surface area contributed by atoms with Crippen molar-refractivity contribution in [1.29, 1.82) is 0 Å². The molecule has 2 atom stereocenters. The first-order chi connectivity index (χ1) is 6.29. The third kappa shape index (κ3) is 1.75. The molecular formula is C10H17N3. The van der Waals surface area contributed by atoms with E-state index in [0.717, 1.165) is 17.4 Å². The summed E-state index contributed by atoms with van der Waals surface area (Å²) in [5, 5.41) is 0. The molecule has 1 aliphatic rings. The van der Waals surface area contributed by atoms with Crippen LogP contribution in [0.4, 0.5) is 0 Å². The lowest BCUT2D eigenvalue weighted by atomic mass is 10.1. The van der Waals surface area contributed by atoms with Gasteiger partial charge < -0.3 is 10.7 Å². The number of nitrogens with two attached hydrogens (primary N) is 1. The predicted molar refractivity (Wildman–Crippen MR) is 52.2 cm³/mol. The van der Waals surface area contributed by atoms with Gasteiger partial charge in [-0.1, -0.05) is 6.92 Å². The first kappa shape index (κ1) is 8.75. The topological polar surface area (TPSA) is 54.7 Å². The Bertz CT molecular complexity index is 279. The molecule has 0 aliphatic heterocycles. The number of rotatable bonds is 2. The van der Waals surface area contributed by atoms with Gasteiger partial charge in [0.25, 0.3) is 0 Å². The number of aromatic amines is 1. The van der Waals surface area contributed by atoms with Crippen LogP contribution in [0.2, 0.25) is 0 Å². The van der Waals surface area contributed by atoms with Crippen LogP contribution in [-0.4, -0.2) is 9.97 Å². The number of nitrogens with zero attached hydrogens (tertiary/aromatic N) is 1. The second-order valence-electron chi connectivity index (χ2n) is 4.11. The van der Waals surface area contributed by atoms with Gasteiger partial charge in [0, 0.05) is 24.4 Å². The van der Waals surface area contributed by atoms with E-state index in [0.29, 0.717) is 12.5 Å². The maximum atomic E-state index is 5.52. The van der Waals surface area contributed by atoms with E-state index in [-0.39, 0.29) is 0 Å². The van der Waals surface area contributed by atoms with Crippen molar-refractivity contribution in [3.8, 4) is 0 Å². The number of aromatic nitrogens is 2. The molecule has 72 valence electrons. The lowest BCUT2D eigenvalue weighted by Gasteiger charge is -2.04. The third-order valence-corrected chi connectivity index (χ3v) is 2.95. The molecule has 2 unspecified atom stereocenters. The predicted octanol–water partition coefficient (Wildman–Crippen LogP) is 1.77. The summed E-state index contributed by atoms with van der Waals surface area (Å²) in [4.78, 5) is 7.66. The van der Waals surface area contributed by atoms with Gasteiger partial charge in [0.2, 0.25) is 0 Å². The summed E-state index contributed by atoms with van der Waals surface area (Å²) in [5.74, 6) is 2.65. The van der Waals surface area contributed by atoms with Gasteiger partial charge in [0.05, 0.1) is 0 Å². The van der Waals surface area contributed by atoms with Crippen molar-refractivity contribution >= 4 is 0 Å². The van der Waals surface area contributed by atoms with Gasteiger partial charge in [0.15, 0.2) is 0 Å². The smallest absolute Gasteiger partial charge is 0.109 e. The minimum atomic E-state index is 0.565. The number of imidazole rings is 1. The van der Waals surface area contributed by atoms with Crippen LogP contribution in [0, 0.1) is 5.92 Å². The van der Waals surface area contributed by atoms with Crippen molar-refractivity contribution in [2.24, 2.45) is 11.7 Å². The molecule has 0 saturated heterocycles. The zero-order valence-electron chi connectivity index (χ0n) is 8.09. The maximum Gasteiger partial charge on any atom is 0.109 e. The molecule has 3 nitrogen and oxygen atoms in total. The SMILES string of the molecule is CC1CCC(c2ncc(CN)[nH]2)C1. The minimum Gasteiger partial charge on any atom is -0.345 e. The summed E-state index contributed by atoms with van der Waals surface area (Å²) >= 11 is 0. The molecule has 1 fully saturated rings. The fraction of sp³-hybridized carbons (Fsp3) is 0.700. The van der Waals surface area contributed by atoms with Gasteiger partial charge >= 0.3 is 0 Å². The standard InChI is InChI=1S/C10H17N3/c1-7-2-3-8(4-7)10-12-6-9(5-11)13-10/h6-8H,2-5,11H2,1H3,(H,12,13). The average molecular weight is 179 g/mol. The monoisotopic (exact) mass is 179 g/mol.